The van der Waals surface area contributed by atoms with E-state index in [1.54, 1.807) is 18.2 Å². The average Bonchev–Trinajstić information content (AvgIpc) is 2.43. The SMILES string of the molecule is CC(CCOc1cc(Cl)ccc1N)N1CCOCC1. The molecule has 0 bridgehead atoms. The maximum atomic E-state index is 5.92. The highest BCUT2D eigenvalue weighted by Crippen LogP contribution is 2.25. The predicted octanol–water partition coefficient (Wildman–Crippen LogP) is 2.41. The summed E-state index contributed by atoms with van der Waals surface area (Å²) in [7, 11) is 0. The van der Waals surface area contributed by atoms with Gasteiger partial charge in [-0.1, -0.05) is 11.6 Å². The number of nitrogens with zero attached hydrogens (tertiary/aromatic N) is 1. The fourth-order valence-corrected chi connectivity index (χ4v) is 2.34. The van der Waals surface area contributed by atoms with Crippen molar-refractivity contribution in [1.82, 2.24) is 4.90 Å². The zero-order valence-corrected chi connectivity index (χ0v) is 12.0. The number of anilines is 1. The van der Waals surface area contributed by atoms with E-state index in [9.17, 15) is 0 Å². The fraction of sp³-hybridized carbons (Fsp3) is 0.571. The van der Waals surface area contributed by atoms with Crippen molar-refractivity contribution < 1.29 is 9.47 Å². The first-order valence-electron chi connectivity index (χ1n) is 6.66. The van der Waals surface area contributed by atoms with E-state index < -0.39 is 0 Å². The Morgan fingerprint density at radius 1 is 1.42 bits per heavy atom. The number of benzene rings is 1. The summed E-state index contributed by atoms with van der Waals surface area (Å²) >= 11 is 5.92. The van der Waals surface area contributed by atoms with Crippen molar-refractivity contribution in [2.45, 2.75) is 19.4 Å². The second kappa shape index (κ2) is 6.98. The highest BCUT2D eigenvalue weighted by Gasteiger charge is 2.16. The maximum Gasteiger partial charge on any atom is 0.143 e. The first-order valence-corrected chi connectivity index (χ1v) is 7.04. The fourth-order valence-electron chi connectivity index (χ4n) is 2.17. The van der Waals surface area contributed by atoms with Crippen molar-refractivity contribution in [3.8, 4) is 5.75 Å². The number of nitrogens with two attached hydrogens (primary N) is 1. The third kappa shape index (κ3) is 4.27. The summed E-state index contributed by atoms with van der Waals surface area (Å²) in [5.74, 6) is 0.668. The second-order valence-electron chi connectivity index (χ2n) is 4.82. The summed E-state index contributed by atoms with van der Waals surface area (Å²) in [5, 5.41) is 0.644. The minimum Gasteiger partial charge on any atom is -0.491 e. The van der Waals surface area contributed by atoms with Gasteiger partial charge >= 0.3 is 0 Å². The molecule has 1 aliphatic heterocycles. The number of rotatable bonds is 5. The molecule has 106 valence electrons. The molecule has 1 aliphatic rings. The topological polar surface area (TPSA) is 47.7 Å². The molecule has 1 fully saturated rings. The molecule has 0 saturated carbocycles. The molecule has 1 saturated heterocycles. The van der Waals surface area contributed by atoms with Crippen molar-refractivity contribution >= 4 is 17.3 Å². The molecule has 19 heavy (non-hydrogen) atoms. The first-order chi connectivity index (χ1) is 9.16. The Bertz CT molecular complexity index is 408. The Morgan fingerprint density at radius 2 is 2.16 bits per heavy atom. The lowest BCUT2D eigenvalue weighted by molar-refractivity contribution is 0.0162. The molecular weight excluding hydrogens is 264 g/mol. The molecule has 1 aromatic rings. The second-order valence-corrected chi connectivity index (χ2v) is 5.25. The molecular formula is C14H21ClN2O2. The number of nitrogen functional groups attached to an aromatic ring is 1. The molecule has 1 heterocycles. The Hall–Kier alpha value is -0.970. The smallest absolute Gasteiger partial charge is 0.143 e. The van der Waals surface area contributed by atoms with Crippen LogP contribution in [0.4, 0.5) is 5.69 Å². The van der Waals surface area contributed by atoms with Crippen LogP contribution in [0.15, 0.2) is 18.2 Å². The highest BCUT2D eigenvalue weighted by molar-refractivity contribution is 6.30. The van der Waals surface area contributed by atoms with Crippen molar-refractivity contribution in [2.24, 2.45) is 0 Å². The largest absolute Gasteiger partial charge is 0.491 e. The van der Waals surface area contributed by atoms with E-state index in [0.29, 0.717) is 29.1 Å². The van der Waals surface area contributed by atoms with E-state index in [0.717, 1.165) is 32.7 Å². The van der Waals surface area contributed by atoms with E-state index in [1.807, 2.05) is 0 Å². The van der Waals surface area contributed by atoms with Gasteiger partial charge in [0.25, 0.3) is 0 Å². The van der Waals surface area contributed by atoms with Gasteiger partial charge in [0.2, 0.25) is 0 Å². The van der Waals surface area contributed by atoms with Crippen molar-refractivity contribution in [2.75, 3.05) is 38.6 Å². The molecule has 4 nitrogen and oxygen atoms in total. The van der Waals surface area contributed by atoms with Gasteiger partial charge in [0.15, 0.2) is 0 Å². The normalized spacial score (nSPS) is 18.2. The summed E-state index contributed by atoms with van der Waals surface area (Å²) < 4.78 is 11.1. The minimum atomic E-state index is 0.490. The monoisotopic (exact) mass is 284 g/mol. The van der Waals surface area contributed by atoms with Crippen LogP contribution in [0.5, 0.6) is 5.75 Å². The van der Waals surface area contributed by atoms with Crippen LogP contribution in [0, 0.1) is 0 Å². The van der Waals surface area contributed by atoms with Crippen LogP contribution in [0.1, 0.15) is 13.3 Å². The van der Waals surface area contributed by atoms with Crippen LogP contribution in [0.2, 0.25) is 5.02 Å². The third-order valence-corrected chi connectivity index (χ3v) is 3.67. The van der Waals surface area contributed by atoms with Gasteiger partial charge in [-0.2, -0.15) is 0 Å². The standard InChI is InChI=1S/C14H21ClN2O2/c1-11(17-5-8-18-9-6-17)4-7-19-14-10-12(15)2-3-13(14)16/h2-3,10-11H,4-9,16H2,1H3. The molecule has 1 aromatic carbocycles. The van der Waals surface area contributed by atoms with Gasteiger partial charge in [0.1, 0.15) is 5.75 Å². The van der Waals surface area contributed by atoms with Crippen LogP contribution >= 0.6 is 11.6 Å². The van der Waals surface area contributed by atoms with Crippen molar-refractivity contribution in [3.63, 3.8) is 0 Å². The molecule has 0 radical (unpaired) electrons. The zero-order chi connectivity index (χ0) is 13.7. The van der Waals surface area contributed by atoms with E-state index in [1.165, 1.54) is 0 Å². The molecule has 2 N–H and O–H groups in total. The highest BCUT2D eigenvalue weighted by atomic mass is 35.5. The summed E-state index contributed by atoms with van der Waals surface area (Å²) in [4.78, 5) is 2.42. The Balaban J connectivity index is 1.77. The van der Waals surface area contributed by atoms with Crippen LogP contribution in [-0.4, -0.2) is 43.9 Å². The predicted molar refractivity (Wildman–Crippen MR) is 77.8 cm³/mol. The molecule has 0 spiro atoms. The van der Waals surface area contributed by atoms with E-state index in [-0.39, 0.29) is 0 Å². The number of halogens is 1. The Kier molecular flexibility index (Phi) is 5.31. The van der Waals surface area contributed by atoms with Gasteiger partial charge in [-0.05, 0) is 25.5 Å². The third-order valence-electron chi connectivity index (χ3n) is 3.44. The first kappa shape index (κ1) is 14.4. The van der Waals surface area contributed by atoms with E-state index in [2.05, 4.69) is 11.8 Å². The molecule has 1 unspecified atom stereocenters. The lowest BCUT2D eigenvalue weighted by Crippen LogP contribution is -2.42. The molecule has 0 aliphatic carbocycles. The van der Waals surface area contributed by atoms with Crippen LogP contribution < -0.4 is 10.5 Å². The lowest BCUT2D eigenvalue weighted by atomic mass is 10.2. The Morgan fingerprint density at radius 3 is 2.89 bits per heavy atom. The molecule has 1 atom stereocenters. The van der Waals surface area contributed by atoms with Gasteiger partial charge < -0.3 is 15.2 Å². The van der Waals surface area contributed by atoms with Crippen molar-refractivity contribution in [1.29, 1.82) is 0 Å². The van der Waals surface area contributed by atoms with Crippen LogP contribution in [0.25, 0.3) is 0 Å². The summed E-state index contributed by atoms with van der Waals surface area (Å²) in [6, 6.07) is 5.78. The van der Waals surface area contributed by atoms with Crippen LogP contribution in [0.3, 0.4) is 0 Å². The number of hydrogen-bond acceptors (Lipinski definition) is 4. The van der Waals surface area contributed by atoms with Gasteiger partial charge in [-0.25, -0.2) is 0 Å². The quantitative estimate of drug-likeness (QED) is 0.844. The number of ether oxygens (including phenoxy) is 2. The minimum absolute atomic E-state index is 0.490. The van der Waals surface area contributed by atoms with Crippen LogP contribution in [-0.2, 0) is 4.74 Å². The molecule has 2 rings (SSSR count). The van der Waals surface area contributed by atoms with Crippen molar-refractivity contribution in [3.05, 3.63) is 23.2 Å². The van der Waals surface area contributed by atoms with Gasteiger partial charge in [-0.15, -0.1) is 0 Å². The summed E-state index contributed by atoms with van der Waals surface area (Å²) in [6.45, 7) is 6.51. The number of hydrogen-bond donors (Lipinski definition) is 1. The molecule has 5 heteroatoms. The van der Waals surface area contributed by atoms with Gasteiger partial charge in [0.05, 0.1) is 25.5 Å². The van der Waals surface area contributed by atoms with E-state index in [4.69, 9.17) is 26.8 Å². The molecule has 0 aromatic heterocycles. The number of morpholine rings is 1. The van der Waals surface area contributed by atoms with Gasteiger partial charge in [-0.3, -0.25) is 4.90 Å². The average molecular weight is 285 g/mol. The van der Waals surface area contributed by atoms with Gasteiger partial charge in [0, 0.05) is 30.2 Å². The summed E-state index contributed by atoms with van der Waals surface area (Å²) in [6.07, 6.45) is 0.964. The Labute approximate surface area is 119 Å². The summed E-state index contributed by atoms with van der Waals surface area (Å²) in [5.41, 5.74) is 6.47. The molecule has 0 amide bonds. The van der Waals surface area contributed by atoms with E-state index >= 15 is 0 Å². The lowest BCUT2D eigenvalue weighted by Gasteiger charge is -2.32. The zero-order valence-electron chi connectivity index (χ0n) is 11.3. The maximum absolute atomic E-state index is 5.92.